The van der Waals surface area contributed by atoms with Crippen molar-refractivity contribution in [3.8, 4) is 0 Å². The zero-order valence-corrected chi connectivity index (χ0v) is 10.6. The molecular formula is C12H18BrNO. The zero-order valence-electron chi connectivity index (χ0n) is 9.04. The van der Waals surface area contributed by atoms with Crippen LogP contribution in [-0.2, 0) is 0 Å². The summed E-state index contributed by atoms with van der Waals surface area (Å²) in [4.78, 5) is 0. The van der Waals surface area contributed by atoms with Crippen LogP contribution in [0.4, 0.5) is 0 Å². The molecule has 0 saturated heterocycles. The third-order valence-corrected chi connectivity index (χ3v) is 2.80. The molecule has 1 rings (SSSR count). The fourth-order valence-corrected chi connectivity index (χ4v) is 1.66. The molecule has 0 radical (unpaired) electrons. The summed E-state index contributed by atoms with van der Waals surface area (Å²) in [7, 11) is 0. The van der Waals surface area contributed by atoms with Gasteiger partial charge in [-0.2, -0.15) is 0 Å². The van der Waals surface area contributed by atoms with Gasteiger partial charge in [0.15, 0.2) is 0 Å². The molecule has 3 heteroatoms. The van der Waals surface area contributed by atoms with Crippen molar-refractivity contribution >= 4 is 15.9 Å². The second-order valence-electron chi connectivity index (χ2n) is 3.61. The lowest BCUT2D eigenvalue weighted by atomic mass is 10.1. The largest absolute Gasteiger partial charge is 0.388 e. The molecule has 15 heavy (non-hydrogen) atoms. The van der Waals surface area contributed by atoms with E-state index in [0.717, 1.165) is 36.0 Å². The van der Waals surface area contributed by atoms with Crippen LogP contribution in [0.2, 0.25) is 0 Å². The molecule has 1 atom stereocenters. The van der Waals surface area contributed by atoms with Gasteiger partial charge < -0.3 is 10.4 Å². The maximum atomic E-state index is 9.86. The molecule has 84 valence electrons. The summed E-state index contributed by atoms with van der Waals surface area (Å²) < 4.78 is 1.04. The van der Waals surface area contributed by atoms with Crippen molar-refractivity contribution in [2.24, 2.45) is 0 Å². The standard InChI is InChI=1S/C12H18BrNO/c1-2-8-14-9-7-12(15)10-3-5-11(13)6-4-10/h3-6,12,14-15H,2,7-9H2,1H3. The van der Waals surface area contributed by atoms with Crippen molar-refractivity contribution in [1.29, 1.82) is 0 Å². The van der Waals surface area contributed by atoms with Crippen LogP contribution < -0.4 is 5.32 Å². The number of hydrogen-bond acceptors (Lipinski definition) is 2. The second kappa shape index (κ2) is 6.99. The Hall–Kier alpha value is -0.380. The highest BCUT2D eigenvalue weighted by molar-refractivity contribution is 9.10. The van der Waals surface area contributed by atoms with E-state index in [-0.39, 0.29) is 6.10 Å². The Morgan fingerprint density at radius 1 is 1.27 bits per heavy atom. The summed E-state index contributed by atoms with van der Waals surface area (Å²) in [5, 5.41) is 13.1. The van der Waals surface area contributed by atoms with Crippen molar-refractivity contribution in [2.45, 2.75) is 25.9 Å². The highest BCUT2D eigenvalue weighted by Crippen LogP contribution is 2.18. The SMILES string of the molecule is CCCNCCC(O)c1ccc(Br)cc1. The average molecular weight is 272 g/mol. The smallest absolute Gasteiger partial charge is 0.0802 e. The molecule has 0 aliphatic carbocycles. The number of aliphatic hydroxyl groups excluding tert-OH is 1. The van der Waals surface area contributed by atoms with Crippen molar-refractivity contribution in [2.75, 3.05) is 13.1 Å². The fourth-order valence-electron chi connectivity index (χ4n) is 1.39. The molecule has 1 unspecified atom stereocenters. The first-order valence-electron chi connectivity index (χ1n) is 5.38. The Morgan fingerprint density at radius 2 is 1.93 bits per heavy atom. The first-order valence-corrected chi connectivity index (χ1v) is 6.17. The highest BCUT2D eigenvalue weighted by Gasteiger charge is 2.05. The number of halogens is 1. The molecule has 0 amide bonds. The van der Waals surface area contributed by atoms with Gasteiger partial charge in [0.25, 0.3) is 0 Å². The van der Waals surface area contributed by atoms with Crippen LogP contribution in [0.15, 0.2) is 28.7 Å². The predicted octanol–water partition coefficient (Wildman–Crippen LogP) is 2.87. The van der Waals surface area contributed by atoms with E-state index in [2.05, 4.69) is 28.2 Å². The Kier molecular flexibility index (Phi) is 5.91. The molecule has 0 aliphatic rings. The van der Waals surface area contributed by atoms with Gasteiger partial charge in [0.05, 0.1) is 6.10 Å². The van der Waals surface area contributed by atoms with Crippen LogP contribution in [0.3, 0.4) is 0 Å². The van der Waals surface area contributed by atoms with Gasteiger partial charge >= 0.3 is 0 Å². The third kappa shape index (κ3) is 4.78. The van der Waals surface area contributed by atoms with Crippen LogP contribution in [-0.4, -0.2) is 18.2 Å². The minimum Gasteiger partial charge on any atom is -0.388 e. The number of aliphatic hydroxyl groups is 1. The summed E-state index contributed by atoms with van der Waals surface area (Å²) in [6, 6.07) is 7.82. The number of rotatable bonds is 6. The van der Waals surface area contributed by atoms with E-state index >= 15 is 0 Å². The third-order valence-electron chi connectivity index (χ3n) is 2.28. The first-order chi connectivity index (χ1) is 7.24. The van der Waals surface area contributed by atoms with E-state index in [0.29, 0.717) is 0 Å². The minimum atomic E-state index is -0.359. The second-order valence-corrected chi connectivity index (χ2v) is 4.52. The summed E-state index contributed by atoms with van der Waals surface area (Å²) in [5.41, 5.74) is 0.983. The normalized spacial score (nSPS) is 12.7. The lowest BCUT2D eigenvalue weighted by Crippen LogP contribution is -2.18. The molecule has 1 aromatic rings. The van der Waals surface area contributed by atoms with E-state index in [4.69, 9.17) is 0 Å². The molecule has 2 N–H and O–H groups in total. The Morgan fingerprint density at radius 3 is 2.53 bits per heavy atom. The quantitative estimate of drug-likeness (QED) is 0.780. The number of nitrogens with one attached hydrogen (secondary N) is 1. The van der Waals surface area contributed by atoms with Gasteiger partial charge in [0, 0.05) is 4.47 Å². The maximum Gasteiger partial charge on any atom is 0.0802 e. The van der Waals surface area contributed by atoms with Gasteiger partial charge in [-0.05, 0) is 43.6 Å². The molecular weight excluding hydrogens is 254 g/mol. The van der Waals surface area contributed by atoms with Gasteiger partial charge in [-0.3, -0.25) is 0 Å². The first kappa shape index (κ1) is 12.7. The Balaban J connectivity index is 2.33. The van der Waals surface area contributed by atoms with Gasteiger partial charge in [-0.15, -0.1) is 0 Å². The van der Waals surface area contributed by atoms with E-state index in [9.17, 15) is 5.11 Å². The van der Waals surface area contributed by atoms with Crippen molar-refractivity contribution < 1.29 is 5.11 Å². The maximum absolute atomic E-state index is 9.86. The number of benzene rings is 1. The van der Waals surface area contributed by atoms with E-state index < -0.39 is 0 Å². The minimum absolute atomic E-state index is 0.359. The molecule has 0 aromatic heterocycles. The van der Waals surface area contributed by atoms with Crippen LogP contribution in [0, 0.1) is 0 Å². The van der Waals surface area contributed by atoms with E-state index in [1.54, 1.807) is 0 Å². The highest BCUT2D eigenvalue weighted by atomic mass is 79.9. The lowest BCUT2D eigenvalue weighted by molar-refractivity contribution is 0.167. The summed E-state index contributed by atoms with van der Waals surface area (Å²) in [5.74, 6) is 0. The van der Waals surface area contributed by atoms with Crippen LogP contribution in [0.1, 0.15) is 31.4 Å². The number of hydrogen-bond donors (Lipinski definition) is 2. The topological polar surface area (TPSA) is 32.3 Å². The lowest BCUT2D eigenvalue weighted by Gasteiger charge is -2.11. The van der Waals surface area contributed by atoms with E-state index in [1.807, 2.05) is 24.3 Å². The monoisotopic (exact) mass is 271 g/mol. The molecule has 0 bridgehead atoms. The molecule has 0 spiro atoms. The van der Waals surface area contributed by atoms with Crippen LogP contribution in [0.25, 0.3) is 0 Å². The van der Waals surface area contributed by atoms with Gasteiger partial charge in [-0.1, -0.05) is 35.0 Å². The Labute approximate surface area is 99.8 Å². The predicted molar refractivity (Wildman–Crippen MR) is 66.9 cm³/mol. The van der Waals surface area contributed by atoms with Crippen molar-refractivity contribution in [3.63, 3.8) is 0 Å². The summed E-state index contributed by atoms with van der Waals surface area (Å²) in [6.07, 6.45) is 1.54. The van der Waals surface area contributed by atoms with Crippen LogP contribution >= 0.6 is 15.9 Å². The summed E-state index contributed by atoms with van der Waals surface area (Å²) >= 11 is 3.37. The summed E-state index contributed by atoms with van der Waals surface area (Å²) in [6.45, 7) is 4.02. The molecule has 0 aliphatic heterocycles. The molecule has 0 heterocycles. The van der Waals surface area contributed by atoms with E-state index in [1.165, 1.54) is 0 Å². The van der Waals surface area contributed by atoms with Crippen molar-refractivity contribution in [1.82, 2.24) is 5.32 Å². The van der Waals surface area contributed by atoms with Crippen molar-refractivity contribution in [3.05, 3.63) is 34.3 Å². The van der Waals surface area contributed by atoms with Gasteiger partial charge in [0.1, 0.15) is 0 Å². The van der Waals surface area contributed by atoms with Gasteiger partial charge in [0.2, 0.25) is 0 Å². The van der Waals surface area contributed by atoms with Gasteiger partial charge in [-0.25, -0.2) is 0 Å². The Bertz CT molecular complexity index is 273. The average Bonchev–Trinajstić information content (AvgIpc) is 2.25. The van der Waals surface area contributed by atoms with Crippen LogP contribution in [0.5, 0.6) is 0 Å². The zero-order chi connectivity index (χ0) is 11.1. The molecule has 0 fully saturated rings. The molecule has 2 nitrogen and oxygen atoms in total. The fraction of sp³-hybridized carbons (Fsp3) is 0.500. The molecule has 1 aromatic carbocycles. The molecule has 0 saturated carbocycles.